The van der Waals surface area contributed by atoms with E-state index in [4.69, 9.17) is 10.00 Å². The number of likely N-dealkylation sites (N-methyl/N-ethyl adjacent to an activating group) is 1. The summed E-state index contributed by atoms with van der Waals surface area (Å²) in [6.07, 6.45) is 0. The van der Waals surface area contributed by atoms with E-state index in [-0.39, 0.29) is 0 Å². The predicted octanol–water partition coefficient (Wildman–Crippen LogP) is 0.456. The first-order chi connectivity index (χ1) is 6.54. The summed E-state index contributed by atoms with van der Waals surface area (Å²) in [5.74, 6) is 0. The molecule has 0 aromatic heterocycles. The van der Waals surface area contributed by atoms with Crippen LogP contribution in [0.5, 0.6) is 0 Å². The van der Waals surface area contributed by atoms with Gasteiger partial charge in [0, 0.05) is 19.7 Å². The van der Waals surface area contributed by atoms with Gasteiger partial charge in [-0.25, -0.2) is 0 Å². The van der Waals surface area contributed by atoms with Gasteiger partial charge < -0.3 is 9.64 Å². The maximum atomic E-state index is 8.97. The fourth-order valence-corrected chi connectivity index (χ4v) is 0.984. The van der Waals surface area contributed by atoms with Crippen LogP contribution in [0.3, 0.4) is 0 Å². The molecule has 0 fully saturated rings. The van der Waals surface area contributed by atoms with Gasteiger partial charge in [0.1, 0.15) is 5.54 Å². The molecule has 1 unspecified atom stereocenters. The Kier molecular flexibility index (Phi) is 6.46. The molecule has 0 bridgehead atoms. The van der Waals surface area contributed by atoms with Crippen LogP contribution in [0.4, 0.5) is 0 Å². The summed E-state index contributed by atoms with van der Waals surface area (Å²) in [6, 6.07) is 2.23. The third-order valence-electron chi connectivity index (χ3n) is 1.92. The molecule has 82 valence electrons. The summed E-state index contributed by atoms with van der Waals surface area (Å²) in [7, 11) is 4.02. The van der Waals surface area contributed by atoms with Gasteiger partial charge in [0.05, 0.1) is 12.7 Å². The maximum absolute atomic E-state index is 8.97. The van der Waals surface area contributed by atoms with E-state index in [1.165, 1.54) is 0 Å². The lowest BCUT2D eigenvalue weighted by Crippen LogP contribution is -2.47. The molecule has 0 amide bonds. The Morgan fingerprint density at radius 1 is 1.50 bits per heavy atom. The summed E-state index contributed by atoms with van der Waals surface area (Å²) < 4.78 is 5.25. The van der Waals surface area contributed by atoms with E-state index in [0.29, 0.717) is 13.2 Å². The third-order valence-corrected chi connectivity index (χ3v) is 1.92. The van der Waals surface area contributed by atoms with E-state index >= 15 is 0 Å². The largest absolute Gasteiger partial charge is 0.379 e. The highest BCUT2D eigenvalue weighted by atomic mass is 16.5. The Bertz CT molecular complexity index is 188. The van der Waals surface area contributed by atoms with Crippen LogP contribution >= 0.6 is 0 Å². The van der Waals surface area contributed by atoms with Crippen LogP contribution in [0.25, 0.3) is 0 Å². The van der Waals surface area contributed by atoms with Gasteiger partial charge in [-0.3, -0.25) is 5.32 Å². The molecule has 0 aliphatic rings. The van der Waals surface area contributed by atoms with Crippen LogP contribution in [-0.2, 0) is 4.74 Å². The molecule has 0 saturated carbocycles. The van der Waals surface area contributed by atoms with Crippen molar-refractivity contribution < 1.29 is 4.74 Å². The highest BCUT2D eigenvalue weighted by Gasteiger charge is 2.22. The molecule has 0 radical (unpaired) electrons. The SMILES string of the molecule is CCOCC(C)(C#N)NCCN(C)C. The number of hydrogen-bond donors (Lipinski definition) is 1. The topological polar surface area (TPSA) is 48.3 Å². The number of ether oxygens (including phenoxy) is 1. The molecule has 0 aromatic rings. The van der Waals surface area contributed by atoms with Crippen molar-refractivity contribution in [1.82, 2.24) is 10.2 Å². The molecule has 0 rings (SSSR count). The smallest absolute Gasteiger partial charge is 0.127 e. The van der Waals surface area contributed by atoms with Gasteiger partial charge >= 0.3 is 0 Å². The summed E-state index contributed by atoms with van der Waals surface area (Å²) >= 11 is 0. The number of nitrogens with zero attached hydrogens (tertiary/aromatic N) is 2. The second-order valence-electron chi connectivity index (χ2n) is 3.81. The molecule has 0 aliphatic carbocycles. The van der Waals surface area contributed by atoms with Crippen molar-refractivity contribution in [1.29, 1.82) is 5.26 Å². The van der Waals surface area contributed by atoms with Gasteiger partial charge in [0.25, 0.3) is 0 Å². The lowest BCUT2D eigenvalue weighted by atomic mass is 10.1. The molecule has 0 saturated heterocycles. The Labute approximate surface area is 86.8 Å². The lowest BCUT2D eigenvalue weighted by Gasteiger charge is -2.23. The molecule has 0 aromatic carbocycles. The zero-order valence-electron chi connectivity index (χ0n) is 9.63. The molecule has 4 heteroatoms. The minimum absolute atomic E-state index is 0.438. The molecule has 0 spiro atoms. The van der Waals surface area contributed by atoms with Crippen molar-refractivity contribution in [2.24, 2.45) is 0 Å². The van der Waals surface area contributed by atoms with Crippen molar-refractivity contribution in [3.63, 3.8) is 0 Å². The average molecular weight is 199 g/mol. The summed E-state index contributed by atoms with van der Waals surface area (Å²) in [5.41, 5.74) is -0.563. The Morgan fingerprint density at radius 2 is 2.14 bits per heavy atom. The van der Waals surface area contributed by atoms with Crippen LogP contribution in [-0.4, -0.2) is 50.8 Å². The first kappa shape index (κ1) is 13.4. The van der Waals surface area contributed by atoms with E-state index < -0.39 is 5.54 Å². The van der Waals surface area contributed by atoms with Crippen molar-refractivity contribution in [3.05, 3.63) is 0 Å². The Balaban J connectivity index is 3.82. The number of hydrogen-bond acceptors (Lipinski definition) is 4. The van der Waals surface area contributed by atoms with E-state index in [9.17, 15) is 0 Å². The summed E-state index contributed by atoms with van der Waals surface area (Å²) in [6.45, 7) is 6.59. The highest BCUT2D eigenvalue weighted by Crippen LogP contribution is 2.01. The van der Waals surface area contributed by atoms with Crippen LogP contribution in [0.15, 0.2) is 0 Å². The fraction of sp³-hybridized carbons (Fsp3) is 0.900. The highest BCUT2D eigenvalue weighted by molar-refractivity contribution is 5.03. The monoisotopic (exact) mass is 199 g/mol. The lowest BCUT2D eigenvalue weighted by molar-refractivity contribution is 0.105. The second-order valence-corrected chi connectivity index (χ2v) is 3.81. The van der Waals surface area contributed by atoms with Crippen molar-refractivity contribution >= 4 is 0 Å². The Hall–Kier alpha value is -0.630. The molecular formula is C10H21N3O. The fourth-order valence-electron chi connectivity index (χ4n) is 0.984. The average Bonchev–Trinajstić information content (AvgIpc) is 2.14. The third kappa shape index (κ3) is 5.92. The van der Waals surface area contributed by atoms with E-state index in [0.717, 1.165) is 13.1 Å². The van der Waals surface area contributed by atoms with E-state index in [2.05, 4.69) is 16.3 Å². The van der Waals surface area contributed by atoms with Gasteiger partial charge in [-0.2, -0.15) is 5.26 Å². The molecule has 14 heavy (non-hydrogen) atoms. The first-order valence-electron chi connectivity index (χ1n) is 4.93. The first-order valence-corrected chi connectivity index (χ1v) is 4.93. The zero-order chi connectivity index (χ0) is 11.0. The van der Waals surface area contributed by atoms with E-state index in [1.54, 1.807) is 0 Å². The molecule has 1 atom stereocenters. The summed E-state index contributed by atoms with van der Waals surface area (Å²) in [5, 5.41) is 12.2. The molecule has 0 aliphatic heterocycles. The van der Waals surface area contributed by atoms with E-state index in [1.807, 2.05) is 27.9 Å². The van der Waals surface area contributed by atoms with Gasteiger partial charge in [-0.15, -0.1) is 0 Å². The van der Waals surface area contributed by atoms with Crippen LogP contribution in [0.2, 0.25) is 0 Å². The number of nitrogens with one attached hydrogen (secondary N) is 1. The maximum Gasteiger partial charge on any atom is 0.127 e. The van der Waals surface area contributed by atoms with Crippen LogP contribution < -0.4 is 5.32 Å². The minimum Gasteiger partial charge on any atom is -0.379 e. The standard InChI is InChI=1S/C10H21N3O/c1-5-14-9-10(2,8-11)12-6-7-13(3)4/h12H,5-7,9H2,1-4H3. The van der Waals surface area contributed by atoms with Gasteiger partial charge in [0.2, 0.25) is 0 Å². The number of rotatable bonds is 7. The normalized spacial score (nSPS) is 15.1. The van der Waals surface area contributed by atoms with Crippen molar-refractivity contribution in [3.8, 4) is 6.07 Å². The number of nitriles is 1. The van der Waals surface area contributed by atoms with Crippen molar-refractivity contribution in [2.75, 3.05) is 40.4 Å². The van der Waals surface area contributed by atoms with Crippen molar-refractivity contribution in [2.45, 2.75) is 19.4 Å². The van der Waals surface area contributed by atoms with Gasteiger partial charge in [-0.05, 0) is 27.9 Å². The Morgan fingerprint density at radius 3 is 2.57 bits per heavy atom. The van der Waals surface area contributed by atoms with Gasteiger partial charge in [-0.1, -0.05) is 0 Å². The minimum atomic E-state index is -0.563. The molecular weight excluding hydrogens is 178 g/mol. The molecule has 4 nitrogen and oxygen atoms in total. The van der Waals surface area contributed by atoms with Crippen LogP contribution in [0.1, 0.15) is 13.8 Å². The van der Waals surface area contributed by atoms with Gasteiger partial charge in [0.15, 0.2) is 0 Å². The van der Waals surface area contributed by atoms with Crippen LogP contribution in [0, 0.1) is 11.3 Å². The summed E-state index contributed by atoms with van der Waals surface area (Å²) in [4.78, 5) is 2.07. The zero-order valence-corrected chi connectivity index (χ0v) is 9.63. The molecule has 1 N–H and O–H groups in total. The second kappa shape index (κ2) is 6.77. The predicted molar refractivity (Wildman–Crippen MR) is 57.1 cm³/mol. The quantitative estimate of drug-likeness (QED) is 0.647. The molecule has 0 heterocycles.